The maximum Gasteiger partial charge on any atom is 0.309 e. The maximum absolute atomic E-state index is 13.3. The molecule has 16 nitrogen and oxygen atoms in total. The molecule has 2 aromatic heterocycles. The Bertz CT molecular complexity index is 1560. The number of aromatic nitrogens is 4. The molecule has 0 saturated carbocycles. The first-order valence-electron chi connectivity index (χ1n) is 15.7. The molecule has 6 atom stereocenters. The van der Waals surface area contributed by atoms with Crippen molar-refractivity contribution in [1.82, 2.24) is 25.6 Å². The lowest BCUT2D eigenvalue weighted by atomic mass is 10.0. The Morgan fingerprint density at radius 3 is 2.62 bits per heavy atom. The molecule has 1 aromatic carbocycles. The van der Waals surface area contributed by atoms with Gasteiger partial charge >= 0.3 is 5.65 Å². The Balaban J connectivity index is 1.43. The van der Waals surface area contributed by atoms with E-state index in [0.29, 0.717) is 35.7 Å². The van der Waals surface area contributed by atoms with Gasteiger partial charge in [-0.3, -0.25) is 14.6 Å². The molecule has 0 aliphatic carbocycles. The zero-order chi connectivity index (χ0) is 34.8. The minimum Gasteiger partial charge on any atom is -0.780 e. The minimum absolute atomic E-state index is 0.0710. The van der Waals surface area contributed by atoms with Gasteiger partial charge in [0.15, 0.2) is 18.5 Å². The van der Waals surface area contributed by atoms with Crippen LogP contribution in [-0.4, -0.2) is 97.1 Å². The van der Waals surface area contributed by atoms with Crippen molar-refractivity contribution in [2.24, 2.45) is 5.73 Å². The van der Waals surface area contributed by atoms with Crippen LogP contribution in [0.3, 0.4) is 0 Å². The summed E-state index contributed by atoms with van der Waals surface area (Å²) in [5.74, 6) is 0.702. The number of carbonyl (C=O) groups excluding carboxylic acids is 2. The Kier molecular flexibility index (Phi) is 13.6. The number of fused-ring (bicyclic) bond motifs is 1. The number of benzene rings is 1. The number of aliphatic hydroxyl groups excluding tert-OH is 1. The van der Waals surface area contributed by atoms with Gasteiger partial charge in [-0.15, -0.1) is 0 Å². The number of nitrogens with zero attached hydrogens (tertiary/aromatic N) is 4. The highest BCUT2D eigenvalue weighted by molar-refractivity contribution is 8.06. The van der Waals surface area contributed by atoms with Crippen LogP contribution in [0.2, 0.25) is 0 Å². The molecule has 1 aliphatic rings. The van der Waals surface area contributed by atoms with Crippen LogP contribution in [0.4, 0.5) is 5.82 Å². The topological polar surface area (TPSA) is 213 Å². The number of amides is 2. The molecule has 4 rings (SSSR count). The van der Waals surface area contributed by atoms with Gasteiger partial charge in [0.1, 0.15) is 24.7 Å². The number of imidazole rings is 1. The molecule has 3 heterocycles. The lowest BCUT2D eigenvalue weighted by Gasteiger charge is -2.30. The van der Waals surface area contributed by atoms with E-state index in [4.69, 9.17) is 36.1 Å². The number of nitrogens with two attached hydrogens (primary N) is 1. The van der Waals surface area contributed by atoms with Gasteiger partial charge in [-0.2, -0.15) is 4.98 Å². The molecule has 1 saturated heterocycles. The van der Waals surface area contributed by atoms with Crippen molar-refractivity contribution in [3.8, 4) is 5.75 Å². The third kappa shape index (κ3) is 10.1. The average molecular weight is 709 g/mol. The van der Waals surface area contributed by atoms with Crippen molar-refractivity contribution in [2.75, 3.05) is 45.9 Å². The summed E-state index contributed by atoms with van der Waals surface area (Å²) in [7, 11) is 5.24. The standard InChI is InChI=1S/C30H45N8O8PS/c1-19(39)32-13-7-5-6-8-14-44-47(42,48)45-16-23-24(36-29(41)22(31)15-20-9-11-21(43-4)12-10-20)26(40)30(46-23)38-18-35-25-27(37(2)3)33-17-34-28(25)38/h9-12,17-18,22-24,26,30,40H,5-8,13-16,31H2,1-4H3,(H3,32,36,39,41,42,48). The predicted molar refractivity (Wildman–Crippen MR) is 178 cm³/mol. The number of hydrogen-bond donors (Lipinski definition) is 5. The molecular formula is C30H45N8O8PS. The molecule has 1 aliphatic heterocycles. The summed E-state index contributed by atoms with van der Waals surface area (Å²) in [6.45, 7) is -2.09. The zero-order valence-corrected chi connectivity index (χ0v) is 29.2. The number of anilines is 1. The van der Waals surface area contributed by atoms with Crippen LogP contribution >= 0.6 is 6.72 Å². The van der Waals surface area contributed by atoms with Crippen molar-refractivity contribution < 1.29 is 42.7 Å². The Hall–Kier alpha value is -3.28. The summed E-state index contributed by atoms with van der Waals surface area (Å²) in [4.78, 5) is 50.9. The van der Waals surface area contributed by atoms with E-state index in [0.717, 1.165) is 24.8 Å². The van der Waals surface area contributed by atoms with Crippen LogP contribution in [0.1, 0.15) is 44.4 Å². The average Bonchev–Trinajstić information content (AvgIpc) is 3.61. The smallest absolute Gasteiger partial charge is 0.309 e. The van der Waals surface area contributed by atoms with E-state index in [1.807, 2.05) is 31.1 Å². The molecule has 0 bridgehead atoms. The first kappa shape index (κ1) is 37.5. The molecule has 48 heavy (non-hydrogen) atoms. The van der Waals surface area contributed by atoms with Crippen molar-refractivity contribution in [3.05, 3.63) is 42.5 Å². The lowest BCUT2D eigenvalue weighted by Crippen LogP contribution is -2.55. The molecule has 2 amide bonds. The van der Waals surface area contributed by atoms with Crippen LogP contribution in [-0.2, 0) is 41.6 Å². The van der Waals surface area contributed by atoms with E-state index >= 15 is 0 Å². The minimum atomic E-state index is -3.93. The fourth-order valence-corrected chi connectivity index (χ4v) is 6.48. The van der Waals surface area contributed by atoms with Crippen LogP contribution in [0.15, 0.2) is 36.9 Å². The highest BCUT2D eigenvalue weighted by Gasteiger charge is 2.48. The van der Waals surface area contributed by atoms with E-state index in [-0.39, 0.29) is 25.5 Å². The van der Waals surface area contributed by atoms with Gasteiger partial charge < -0.3 is 49.8 Å². The number of nitrogens with one attached hydrogen (secondary N) is 3. The highest BCUT2D eigenvalue weighted by Crippen LogP contribution is 2.40. The predicted octanol–water partition coefficient (Wildman–Crippen LogP) is -0.0524. The number of carbonyl (C=O) groups is 2. The molecule has 3 aromatic rings. The zero-order valence-electron chi connectivity index (χ0n) is 27.5. The quantitative estimate of drug-likeness (QED) is 0.0667. The maximum atomic E-state index is 13.3. The highest BCUT2D eigenvalue weighted by atomic mass is 32.5. The summed E-state index contributed by atoms with van der Waals surface area (Å²) >= 11 is 5.12. The number of aromatic amines is 1. The van der Waals surface area contributed by atoms with Gasteiger partial charge in [-0.1, -0.05) is 41.8 Å². The van der Waals surface area contributed by atoms with Gasteiger partial charge in [0.25, 0.3) is 0 Å². The molecular weight excluding hydrogens is 663 g/mol. The van der Waals surface area contributed by atoms with Crippen LogP contribution in [0.25, 0.3) is 11.2 Å². The largest absolute Gasteiger partial charge is 0.780 e. The second kappa shape index (κ2) is 17.4. The molecule has 18 heteroatoms. The summed E-state index contributed by atoms with van der Waals surface area (Å²) in [6, 6.07) is 5.22. The number of H-pyrrole nitrogens is 1. The number of ether oxygens (including phenoxy) is 2. The van der Waals surface area contributed by atoms with E-state index in [2.05, 4.69) is 25.6 Å². The number of aliphatic hydroxyl groups is 1. The van der Waals surface area contributed by atoms with Crippen molar-refractivity contribution in [1.29, 1.82) is 0 Å². The second-order valence-corrected chi connectivity index (χ2v) is 14.4. The molecule has 0 spiro atoms. The molecule has 1 fully saturated rings. The summed E-state index contributed by atoms with van der Waals surface area (Å²) < 4.78 is 24.0. The van der Waals surface area contributed by atoms with Gasteiger partial charge in [-0.25, -0.2) is 4.57 Å². The van der Waals surface area contributed by atoms with Crippen LogP contribution < -0.4 is 35.5 Å². The molecule has 6 N–H and O–H groups in total. The van der Waals surface area contributed by atoms with Crippen LogP contribution in [0, 0.1) is 0 Å². The number of hydrogen-bond acceptors (Lipinski definition) is 13. The Labute approximate surface area is 284 Å². The monoisotopic (exact) mass is 708 g/mol. The summed E-state index contributed by atoms with van der Waals surface area (Å²) in [5.41, 5.74) is 8.16. The molecule has 264 valence electrons. The van der Waals surface area contributed by atoms with E-state index in [1.165, 1.54) is 13.3 Å². The summed E-state index contributed by atoms with van der Waals surface area (Å²) in [5, 5.41) is 17.1. The number of methoxy groups -OCH3 is 1. The van der Waals surface area contributed by atoms with Gasteiger partial charge in [-0.05, 0) is 37.0 Å². The number of unbranched alkanes of at least 4 members (excludes halogenated alkanes) is 3. The first-order chi connectivity index (χ1) is 22.9. The third-order valence-corrected chi connectivity index (χ3v) is 9.42. The Morgan fingerprint density at radius 1 is 1.21 bits per heavy atom. The molecule has 6 unspecified atom stereocenters. The summed E-state index contributed by atoms with van der Waals surface area (Å²) in [6.07, 6.45) is 2.99. The van der Waals surface area contributed by atoms with Gasteiger partial charge in [0, 0.05) is 27.6 Å². The van der Waals surface area contributed by atoms with E-state index in [1.54, 1.807) is 30.1 Å². The van der Waals surface area contributed by atoms with Gasteiger partial charge in [0.05, 0.1) is 32.4 Å². The SMILES string of the molecule is COc1ccc(CC(N)C(=O)NC2C(COP([O-])(=S)OCCCCCCNC(C)=O)OC([n+]3c[nH]c4c(N(C)C)ncnc43)C2O)cc1. The van der Waals surface area contributed by atoms with Crippen molar-refractivity contribution >= 4 is 47.3 Å². The number of rotatable bonds is 18. The third-order valence-electron chi connectivity index (χ3n) is 7.82. The lowest BCUT2D eigenvalue weighted by molar-refractivity contribution is -0.745. The normalized spacial score (nSPS) is 21.1. The van der Waals surface area contributed by atoms with Gasteiger partial charge in [0.2, 0.25) is 23.6 Å². The van der Waals surface area contributed by atoms with Crippen molar-refractivity contribution in [2.45, 2.75) is 69.5 Å². The van der Waals surface area contributed by atoms with Crippen molar-refractivity contribution in [3.63, 3.8) is 0 Å². The Morgan fingerprint density at radius 2 is 1.94 bits per heavy atom. The first-order valence-corrected chi connectivity index (χ1v) is 18.2. The second-order valence-electron chi connectivity index (χ2n) is 11.7. The van der Waals surface area contributed by atoms with Crippen LogP contribution in [0.5, 0.6) is 5.75 Å². The van der Waals surface area contributed by atoms with E-state index < -0.39 is 43.1 Å². The molecule has 0 radical (unpaired) electrons. The fourth-order valence-electron chi connectivity index (χ4n) is 5.32. The van der Waals surface area contributed by atoms with E-state index in [9.17, 15) is 19.6 Å². The fraction of sp³-hybridized carbons (Fsp3) is 0.567.